The Kier molecular flexibility index (Phi) is 4.12. The fraction of sp³-hybridized carbons (Fsp3) is 0.143. The zero-order valence-corrected chi connectivity index (χ0v) is 11.4. The van der Waals surface area contributed by atoms with Gasteiger partial charge < -0.3 is 4.90 Å². The second-order valence-corrected chi connectivity index (χ2v) is 4.59. The van der Waals surface area contributed by atoms with Gasteiger partial charge in [-0.3, -0.25) is 0 Å². The lowest BCUT2D eigenvalue weighted by molar-refractivity contribution is 0.625. The summed E-state index contributed by atoms with van der Waals surface area (Å²) in [6, 6.07) is 4.59. The summed E-state index contributed by atoms with van der Waals surface area (Å²) in [7, 11) is 3.73. The van der Waals surface area contributed by atoms with Crippen LogP contribution in [0.25, 0.3) is 12.2 Å². The van der Waals surface area contributed by atoms with Gasteiger partial charge in [0.25, 0.3) is 0 Å². The van der Waals surface area contributed by atoms with Gasteiger partial charge in [-0.25, -0.2) is 14.4 Å². The van der Waals surface area contributed by atoms with E-state index in [-0.39, 0.29) is 5.82 Å². The fourth-order valence-corrected chi connectivity index (χ4v) is 1.72. The first-order valence-electron chi connectivity index (χ1n) is 5.69. The summed E-state index contributed by atoms with van der Waals surface area (Å²) in [4.78, 5) is 10.2. The highest BCUT2D eigenvalue weighted by molar-refractivity contribution is 6.32. The molecule has 0 saturated heterocycles. The number of aromatic nitrogens is 2. The van der Waals surface area contributed by atoms with E-state index in [9.17, 15) is 4.39 Å². The lowest BCUT2D eigenvalue weighted by Gasteiger charge is -2.08. The molecule has 1 aromatic carbocycles. The molecule has 2 aromatic rings. The van der Waals surface area contributed by atoms with Crippen molar-refractivity contribution in [3.05, 3.63) is 52.6 Å². The minimum Gasteiger partial charge on any atom is -0.347 e. The second kappa shape index (κ2) is 5.80. The van der Waals surface area contributed by atoms with Crippen LogP contribution in [0.1, 0.15) is 11.1 Å². The first-order valence-corrected chi connectivity index (χ1v) is 6.07. The van der Waals surface area contributed by atoms with Crippen LogP contribution in [0.2, 0.25) is 5.02 Å². The van der Waals surface area contributed by atoms with Gasteiger partial charge in [-0.1, -0.05) is 23.7 Å². The summed E-state index contributed by atoms with van der Waals surface area (Å²) >= 11 is 5.93. The molecule has 0 aliphatic carbocycles. The Balaban J connectivity index is 2.23. The van der Waals surface area contributed by atoms with Gasteiger partial charge in [-0.15, -0.1) is 0 Å². The van der Waals surface area contributed by atoms with Crippen LogP contribution in [0, 0.1) is 5.82 Å². The van der Waals surface area contributed by atoms with Crippen molar-refractivity contribution in [1.82, 2.24) is 9.97 Å². The number of hydrogen-bond donors (Lipinski definition) is 0. The van der Waals surface area contributed by atoms with Crippen molar-refractivity contribution in [1.29, 1.82) is 0 Å². The quantitative estimate of drug-likeness (QED) is 0.860. The molecule has 0 bridgehead atoms. The number of benzene rings is 1. The van der Waals surface area contributed by atoms with Crippen LogP contribution in [0.4, 0.5) is 10.3 Å². The molecule has 0 amide bonds. The van der Waals surface area contributed by atoms with Crippen LogP contribution in [-0.2, 0) is 0 Å². The summed E-state index contributed by atoms with van der Waals surface area (Å²) < 4.78 is 13.5. The van der Waals surface area contributed by atoms with Crippen molar-refractivity contribution in [2.75, 3.05) is 19.0 Å². The van der Waals surface area contributed by atoms with Gasteiger partial charge >= 0.3 is 0 Å². The molecule has 1 aromatic heterocycles. The van der Waals surface area contributed by atoms with E-state index in [0.29, 0.717) is 16.5 Å². The van der Waals surface area contributed by atoms with Crippen LogP contribution >= 0.6 is 11.6 Å². The molecule has 19 heavy (non-hydrogen) atoms. The Hall–Kier alpha value is -1.94. The molecule has 0 aliphatic rings. The summed E-state index contributed by atoms with van der Waals surface area (Å²) in [6.07, 6.45) is 6.69. The third-order valence-electron chi connectivity index (χ3n) is 2.50. The Morgan fingerprint density at radius 2 is 1.84 bits per heavy atom. The molecular weight excluding hydrogens is 265 g/mol. The highest BCUT2D eigenvalue weighted by atomic mass is 35.5. The predicted molar refractivity (Wildman–Crippen MR) is 76.7 cm³/mol. The molecule has 0 unspecified atom stereocenters. The topological polar surface area (TPSA) is 29.0 Å². The largest absolute Gasteiger partial charge is 0.347 e. The number of nitrogens with zero attached hydrogens (tertiary/aromatic N) is 3. The van der Waals surface area contributed by atoms with Gasteiger partial charge in [-0.2, -0.15) is 0 Å². The molecule has 0 spiro atoms. The average Bonchev–Trinajstić information content (AvgIpc) is 2.38. The monoisotopic (exact) mass is 277 g/mol. The van der Waals surface area contributed by atoms with Crippen molar-refractivity contribution in [3.8, 4) is 0 Å². The Morgan fingerprint density at radius 3 is 2.42 bits per heavy atom. The maximum Gasteiger partial charge on any atom is 0.224 e. The first-order chi connectivity index (χ1) is 9.08. The normalized spacial score (nSPS) is 10.9. The van der Waals surface area contributed by atoms with E-state index in [1.807, 2.05) is 14.1 Å². The SMILES string of the molecule is CN(C)c1ncc(/C=C/c2c(F)cccc2Cl)cn1. The van der Waals surface area contributed by atoms with Gasteiger partial charge in [0.05, 0.1) is 5.02 Å². The summed E-state index contributed by atoms with van der Waals surface area (Å²) in [5.41, 5.74) is 1.14. The second-order valence-electron chi connectivity index (χ2n) is 4.18. The first kappa shape index (κ1) is 13.5. The number of rotatable bonds is 3. The molecule has 1 heterocycles. The molecule has 0 N–H and O–H groups in total. The van der Waals surface area contributed by atoms with E-state index in [0.717, 1.165) is 5.56 Å². The van der Waals surface area contributed by atoms with Crippen LogP contribution in [0.5, 0.6) is 0 Å². The fourth-order valence-electron chi connectivity index (χ4n) is 1.50. The molecule has 0 fully saturated rings. The predicted octanol–water partition coefficient (Wildman–Crippen LogP) is 3.51. The van der Waals surface area contributed by atoms with E-state index < -0.39 is 0 Å². The number of halogens is 2. The zero-order chi connectivity index (χ0) is 13.8. The van der Waals surface area contributed by atoms with Crippen LogP contribution < -0.4 is 4.90 Å². The zero-order valence-electron chi connectivity index (χ0n) is 10.6. The van der Waals surface area contributed by atoms with Crippen molar-refractivity contribution in [3.63, 3.8) is 0 Å². The number of hydrogen-bond acceptors (Lipinski definition) is 3. The Bertz CT molecular complexity index is 574. The molecule has 0 radical (unpaired) electrons. The van der Waals surface area contributed by atoms with E-state index >= 15 is 0 Å². The molecule has 0 atom stereocenters. The molecule has 98 valence electrons. The molecule has 3 nitrogen and oxygen atoms in total. The summed E-state index contributed by atoms with van der Waals surface area (Å²) in [5.74, 6) is 0.274. The van der Waals surface area contributed by atoms with E-state index in [1.165, 1.54) is 6.07 Å². The van der Waals surface area contributed by atoms with Gasteiger partial charge in [-0.05, 0) is 18.2 Å². The standard InChI is InChI=1S/C14H13ClFN3/c1-19(2)14-17-8-10(9-18-14)6-7-11-12(15)4-3-5-13(11)16/h3-9H,1-2H3/b7-6+. The average molecular weight is 278 g/mol. The maximum atomic E-state index is 13.5. The maximum absolute atomic E-state index is 13.5. The van der Waals surface area contributed by atoms with Gasteiger partial charge in [0.1, 0.15) is 5.82 Å². The van der Waals surface area contributed by atoms with Crippen LogP contribution in [0.15, 0.2) is 30.6 Å². The minimum absolute atomic E-state index is 0.352. The summed E-state index contributed by atoms with van der Waals surface area (Å²) in [6.45, 7) is 0. The van der Waals surface area contributed by atoms with Crippen molar-refractivity contribution in [2.45, 2.75) is 0 Å². The van der Waals surface area contributed by atoms with Crippen LogP contribution in [-0.4, -0.2) is 24.1 Å². The van der Waals surface area contributed by atoms with E-state index in [2.05, 4.69) is 9.97 Å². The van der Waals surface area contributed by atoms with Crippen molar-refractivity contribution >= 4 is 29.7 Å². The molecule has 0 aliphatic heterocycles. The van der Waals surface area contributed by atoms with Crippen LogP contribution in [0.3, 0.4) is 0 Å². The smallest absolute Gasteiger partial charge is 0.224 e. The number of anilines is 1. The molecule has 0 saturated carbocycles. The summed E-state index contributed by atoms with van der Waals surface area (Å²) in [5, 5.41) is 0.377. The van der Waals surface area contributed by atoms with E-state index in [1.54, 1.807) is 41.6 Å². The Morgan fingerprint density at radius 1 is 1.16 bits per heavy atom. The highest BCUT2D eigenvalue weighted by Gasteiger charge is 2.03. The third kappa shape index (κ3) is 3.29. The van der Waals surface area contributed by atoms with Crippen molar-refractivity contribution in [2.24, 2.45) is 0 Å². The Labute approximate surface area is 116 Å². The van der Waals surface area contributed by atoms with Gasteiger partial charge in [0, 0.05) is 37.6 Å². The lowest BCUT2D eigenvalue weighted by atomic mass is 10.1. The van der Waals surface area contributed by atoms with Gasteiger partial charge in [0.15, 0.2) is 0 Å². The molecule has 5 heteroatoms. The lowest BCUT2D eigenvalue weighted by Crippen LogP contribution is -2.12. The highest BCUT2D eigenvalue weighted by Crippen LogP contribution is 2.21. The van der Waals surface area contributed by atoms with E-state index in [4.69, 9.17) is 11.6 Å². The minimum atomic E-state index is -0.352. The van der Waals surface area contributed by atoms with Crippen molar-refractivity contribution < 1.29 is 4.39 Å². The third-order valence-corrected chi connectivity index (χ3v) is 2.83. The molecular formula is C14H13ClFN3. The van der Waals surface area contributed by atoms with Gasteiger partial charge in [0.2, 0.25) is 5.95 Å². The molecule has 2 rings (SSSR count).